The normalized spacial score (nSPS) is 9.90. The molecule has 0 atom stereocenters. The number of benzene rings is 10. The van der Waals surface area contributed by atoms with Crippen molar-refractivity contribution >= 4 is 109 Å². The zero-order chi connectivity index (χ0) is 81.3. The van der Waals surface area contributed by atoms with Crippen LogP contribution >= 0.6 is 0 Å². The van der Waals surface area contributed by atoms with Crippen LogP contribution in [0.1, 0.15) is 214 Å². The highest BCUT2D eigenvalue weighted by atomic mass is 14.7. The Bertz CT molecular complexity index is 6310. The minimum absolute atomic E-state index is 0. The second-order valence-corrected chi connectivity index (χ2v) is 30.8. The van der Waals surface area contributed by atoms with Crippen molar-refractivity contribution in [1.82, 2.24) is 49.8 Å². The lowest BCUT2D eigenvalue weighted by Crippen LogP contribution is -1.79. The summed E-state index contributed by atoms with van der Waals surface area (Å²) >= 11 is 0. The third-order valence-electron chi connectivity index (χ3n) is 21.3. The first kappa shape index (κ1) is 110. The predicted octanol–water partition coefficient (Wildman–Crippen LogP) is 35.2. The number of fused-ring (bicyclic) bond motifs is 10. The van der Waals surface area contributed by atoms with E-state index in [0.717, 1.165) is 25.7 Å². The van der Waals surface area contributed by atoms with Gasteiger partial charge >= 0.3 is 0 Å². The molecule has 10 aromatic carbocycles. The van der Waals surface area contributed by atoms with Gasteiger partial charge in [-0.15, -0.1) is 0 Å². The molecule has 0 spiro atoms. The summed E-state index contributed by atoms with van der Waals surface area (Å²) in [7, 11) is 0. The molecule has 10 N–H and O–H groups in total. The summed E-state index contributed by atoms with van der Waals surface area (Å²) in [5.41, 5.74) is 38.8. The molecule has 124 heavy (non-hydrogen) atoms. The number of aryl methyl sites for hydroxylation is 20. The Morgan fingerprint density at radius 1 is 0.194 bits per heavy atom. The minimum atomic E-state index is 0. The zero-order valence-electron chi connectivity index (χ0n) is 70.9. The highest BCUT2D eigenvalue weighted by molar-refractivity contribution is 5.90. The Balaban J connectivity index is 0.000000683. The third-order valence-corrected chi connectivity index (χ3v) is 21.3. The standard InChI is InChI=1S/C12H15N.2C11H13N.7C10H11N.10CH4/c1-3-9-6-5-7-12-11(9)8-10(4-2)13-12;1-3-10-7-9-6-4-5-8(2)11(9)12-10;1-3-9-7-12-11-8(2)5-4-6-10(9)11;1-7-3-4-10-9(5-7)8(2)6-11-10;2*1-7-3-4-10-9(5-7)6-8(2)11-10;1-7-3-4-9-8(2)6-11-10(9)5-7;1-7-4-3-5-10-9(7)6-8(2)11-10;1-7-4-3-5-9-8(2)6-11-10(7)9;1-7-4-3-5-9-6-8(2)11-10(7)9;;;;;;;;;;/h5-8,13H,3-4H2,1-2H3;2*4-7,12H,3H2,1-2H3;7*3-6,11H,1-2H3;10*1H4. The molecule has 10 heteroatoms. The largest absolute Gasteiger partial charge is 0.361 e. The van der Waals surface area contributed by atoms with Crippen LogP contribution in [0.4, 0.5) is 0 Å². The summed E-state index contributed by atoms with van der Waals surface area (Å²) in [5.74, 6) is 0. The van der Waals surface area contributed by atoms with Crippen molar-refractivity contribution < 1.29 is 0 Å². The molecule has 10 aromatic heterocycles. The predicted molar refractivity (Wildman–Crippen MR) is 564 cm³/mol. The summed E-state index contributed by atoms with van der Waals surface area (Å²) in [4.78, 5) is 33.0. The first-order chi connectivity index (χ1) is 54.9. The molecule has 10 heterocycles. The highest BCUT2D eigenvalue weighted by Gasteiger charge is 2.08. The number of nitrogens with one attached hydrogen (secondary N) is 10. The summed E-state index contributed by atoms with van der Waals surface area (Å²) in [6.45, 7) is 42.5. The van der Waals surface area contributed by atoms with Crippen LogP contribution in [-0.4, -0.2) is 49.8 Å². The van der Waals surface area contributed by atoms with E-state index in [1.165, 1.54) is 221 Å². The number of H-pyrrole nitrogens is 10. The van der Waals surface area contributed by atoms with E-state index >= 15 is 0 Å². The smallest absolute Gasteiger partial charge is 0.0486 e. The molecule has 0 unspecified atom stereocenters. The van der Waals surface area contributed by atoms with Crippen molar-refractivity contribution in [3.05, 3.63) is 355 Å². The molecule has 0 bridgehead atoms. The molecule has 664 valence electrons. The molecular weight excluding hydrogens is 1510 g/mol. The van der Waals surface area contributed by atoms with E-state index in [-0.39, 0.29) is 74.3 Å². The van der Waals surface area contributed by atoms with E-state index < -0.39 is 0 Å². The van der Waals surface area contributed by atoms with Crippen molar-refractivity contribution in [3.8, 4) is 0 Å². The van der Waals surface area contributed by atoms with E-state index in [1.54, 1.807) is 0 Å². The van der Waals surface area contributed by atoms with Gasteiger partial charge in [-0.2, -0.15) is 0 Å². The van der Waals surface area contributed by atoms with Crippen LogP contribution in [0.2, 0.25) is 0 Å². The van der Waals surface area contributed by atoms with E-state index in [2.05, 4.69) is 419 Å². The Morgan fingerprint density at radius 3 is 1.10 bits per heavy atom. The molecule has 0 aliphatic carbocycles. The maximum Gasteiger partial charge on any atom is 0.0486 e. The number of hydrogen-bond acceptors (Lipinski definition) is 0. The van der Waals surface area contributed by atoms with Crippen LogP contribution in [0.15, 0.2) is 243 Å². The number of hydrogen-bond donors (Lipinski definition) is 10. The lowest BCUT2D eigenvalue weighted by atomic mass is 10.1. The number of aromatic nitrogens is 10. The molecular formula is C114H158N10. The van der Waals surface area contributed by atoms with Gasteiger partial charge in [-0.25, -0.2) is 0 Å². The van der Waals surface area contributed by atoms with E-state index in [9.17, 15) is 0 Å². The van der Waals surface area contributed by atoms with Crippen molar-refractivity contribution in [2.24, 2.45) is 0 Å². The fraction of sp³-hybridized carbons (Fsp3) is 0.298. The summed E-state index contributed by atoms with van der Waals surface area (Å²) in [6, 6.07) is 77.3. The van der Waals surface area contributed by atoms with Gasteiger partial charge < -0.3 is 49.8 Å². The quantitative estimate of drug-likeness (QED) is 0.0814. The Labute approximate surface area is 747 Å². The molecule has 0 saturated heterocycles. The lowest BCUT2D eigenvalue weighted by Gasteiger charge is -1.96. The van der Waals surface area contributed by atoms with Crippen LogP contribution in [0.25, 0.3) is 109 Å². The van der Waals surface area contributed by atoms with Crippen molar-refractivity contribution in [1.29, 1.82) is 0 Å². The second-order valence-electron chi connectivity index (χ2n) is 30.8. The average Bonchev–Trinajstić information content (AvgIpc) is 1.64. The van der Waals surface area contributed by atoms with Crippen LogP contribution < -0.4 is 0 Å². The minimum Gasteiger partial charge on any atom is -0.361 e. The molecule has 0 saturated carbocycles. The van der Waals surface area contributed by atoms with Crippen LogP contribution in [0.3, 0.4) is 0 Å². The second kappa shape index (κ2) is 50.9. The SMILES string of the molecule is C.C.C.C.C.C.C.C.C.C.CCc1c[nH]c2c(C)cccc12.CCc1cc2c(CC)cccc2[nH]1.CCc1cc2cccc(C)c2[nH]1.Cc1c[nH]c2c(C)cccc12.Cc1cc2c(C)cccc2[nH]1.Cc1cc2cccc(C)c2[nH]1.Cc1ccc2[nH]c(C)cc2c1.Cc1ccc2[nH]c(C)cc2c1.Cc1ccc2[nH]cc(C)c2c1.Cc1ccc2c(C)c[nH]c2c1. The molecule has 0 aliphatic rings. The van der Waals surface area contributed by atoms with E-state index in [0.29, 0.717) is 0 Å². The Morgan fingerprint density at radius 2 is 0.573 bits per heavy atom. The molecule has 20 rings (SSSR count). The van der Waals surface area contributed by atoms with Gasteiger partial charge in [-0.3, -0.25) is 0 Å². The third kappa shape index (κ3) is 27.8. The lowest BCUT2D eigenvalue weighted by molar-refractivity contribution is 1.07. The number of rotatable bonds is 4. The summed E-state index contributed by atoms with van der Waals surface area (Å²) < 4.78 is 0. The van der Waals surface area contributed by atoms with Gasteiger partial charge in [0.05, 0.1) is 0 Å². The zero-order valence-corrected chi connectivity index (χ0v) is 70.9. The molecule has 0 fully saturated rings. The molecule has 0 radical (unpaired) electrons. The van der Waals surface area contributed by atoms with Gasteiger partial charge in [0.25, 0.3) is 0 Å². The van der Waals surface area contributed by atoms with Gasteiger partial charge in [0.1, 0.15) is 0 Å². The number of aromatic amines is 10. The maximum absolute atomic E-state index is 3.42. The van der Waals surface area contributed by atoms with Gasteiger partial charge in [-0.1, -0.05) is 246 Å². The Hall–Kier alpha value is -12.4. The number of para-hydroxylation sites is 4. The molecule has 20 aromatic rings. The topological polar surface area (TPSA) is 158 Å². The average molecular weight is 1670 g/mol. The Kier molecular flexibility index (Phi) is 45.0. The van der Waals surface area contributed by atoms with Crippen molar-refractivity contribution in [3.63, 3.8) is 0 Å². The molecule has 10 nitrogen and oxygen atoms in total. The summed E-state index contributed by atoms with van der Waals surface area (Å²) in [6.07, 6.45) is 12.6. The first-order valence-electron chi connectivity index (χ1n) is 40.4. The summed E-state index contributed by atoms with van der Waals surface area (Å²) in [5, 5.41) is 13.4. The van der Waals surface area contributed by atoms with E-state index in [4.69, 9.17) is 0 Å². The molecule has 0 amide bonds. The van der Waals surface area contributed by atoms with Crippen LogP contribution in [-0.2, 0) is 25.7 Å². The van der Waals surface area contributed by atoms with Gasteiger partial charge in [0.15, 0.2) is 0 Å². The fourth-order valence-corrected chi connectivity index (χ4v) is 14.9. The first-order valence-corrected chi connectivity index (χ1v) is 40.4. The van der Waals surface area contributed by atoms with Gasteiger partial charge in [-0.05, 0) is 310 Å². The van der Waals surface area contributed by atoms with E-state index in [1.807, 2.05) is 12.4 Å². The monoisotopic (exact) mass is 1670 g/mol. The van der Waals surface area contributed by atoms with Crippen LogP contribution in [0, 0.1) is 111 Å². The van der Waals surface area contributed by atoms with Gasteiger partial charge in [0.2, 0.25) is 0 Å². The maximum atomic E-state index is 3.42. The van der Waals surface area contributed by atoms with Crippen molar-refractivity contribution in [2.75, 3.05) is 0 Å². The molecule has 0 aliphatic heterocycles. The van der Waals surface area contributed by atoms with Crippen LogP contribution in [0.5, 0.6) is 0 Å². The van der Waals surface area contributed by atoms with Gasteiger partial charge in [0, 0.05) is 146 Å². The highest BCUT2D eigenvalue weighted by Crippen LogP contribution is 2.27. The fourth-order valence-electron chi connectivity index (χ4n) is 14.9. The van der Waals surface area contributed by atoms with Crippen molar-refractivity contribution in [2.45, 2.75) is 238 Å².